The van der Waals surface area contributed by atoms with Crippen LogP contribution in [-0.2, 0) is 13.5 Å². The van der Waals surface area contributed by atoms with E-state index < -0.39 is 0 Å². The Morgan fingerprint density at radius 3 is 2.82 bits per heavy atom. The molecule has 0 fully saturated rings. The highest BCUT2D eigenvalue weighted by Crippen LogP contribution is 2.28. The third-order valence-electron chi connectivity index (χ3n) is 2.80. The van der Waals surface area contributed by atoms with Gasteiger partial charge in [0.15, 0.2) is 0 Å². The third kappa shape index (κ3) is 2.17. The molecule has 1 N–H and O–H groups in total. The minimum absolute atomic E-state index is 0.130. The van der Waals surface area contributed by atoms with Crippen LogP contribution in [0, 0.1) is 0 Å². The quantitative estimate of drug-likeness (QED) is 0.871. The number of hydrogen-bond acceptors (Lipinski definition) is 3. The molecule has 0 bridgehead atoms. The van der Waals surface area contributed by atoms with Crippen molar-refractivity contribution in [2.75, 3.05) is 13.7 Å². The first kappa shape index (κ1) is 11.7. The molecule has 1 heterocycles. The van der Waals surface area contributed by atoms with Crippen LogP contribution in [-0.4, -0.2) is 28.4 Å². The van der Waals surface area contributed by atoms with Crippen LogP contribution in [0.2, 0.25) is 0 Å². The number of nitrogens with zero attached hydrogens (tertiary/aromatic N) is 2. The highest BCUT2D eigenvalue weighted by Gasteiger charge is 2.12. The molecular weight excluding hydrogens is 216 g/mol. The molecule has 0 unspecified atom stereocenters. The maximum atomic E-state index is 8.96. The molecule has 2 rings (SSSR count). The first-order valence-electron chi connectivity index (χ1n) is 5.52. The maximum Gasteiger partial charge on any atom is 0.143 e. The Morgan fingerprint density at radius 1 is 1.35 bits per heavy atom. The Kier molecular flexibility index (Phi) is 3.44. The van der Waals surface area contributed by atoms with Crippen LogP contribution in [0.25, 0.3) is 11.4 Å². The Labute approximate surface area is 100 Å². The summed E-state index contributed by atoms with van der Waals surface area (Å²) >= 11 is 0. The second-order valence-electron chi connectivity index (χ2n) is 3.81. The Balaban J connectivity index is 2.46. The van der Waals surface area contributed by atoms with E-state index in [2.05, 4.69) is 4.98 Å². The van der Waals surface area contributed by atoms with Crippen molar-refractivity contribution < 1.29 is 9.84 Å². The predicted molar refractivity (Wildman–Crippen MR) is 66.0 cm³/mol. The van der Waals surface area contributed by atoms with E-state index in [9.17, 15) is 0 Å². The van der Waals surface area contributed by atoms with E-state index in [0.29, 0.717) is 6.42 Å². The molecule has 1 aromatic heterocycles. The molecule has 0 aliphatic carbocycles. The topological polar surface area (TPSA) is 47.3 Å². The molecule has 4 nitrogen and oxygen atoms in total. The lowest BCUT2D eigenvalue weighted by Gasteiger charge is -2.09. The highest BCUT2D eigenvalue weighted by molar-refractivity contribution is 5.64. The molecule has 0 amide bonds. The number of aromatic nitrogens is 2. The first-order valence-corrected chi connectivity index (χ1v) is 5.52. The number of benzene rings is 1. The fraction of sp³-hybridized carbons (Fsp3) is 0.308. The Morgan fingerprint density at radius 2 is 2.12 bits per heavy atom. The summed E-state index contributed by atoms with van der Waals surface area (Å²) in [7, 11) is 3.59. The van der Waals surface area contributed by atoms with E-state index in [0.717, 1.165) is 22.8 Å². The fourth-order valence-electron chi connectivity index (χ4n) is 1.87. The van der Waals surface area contributed by atoms with Crippen molar-refractivity contribution in [3.8, 4) is 17.1 Å². The minimum Gasteiger partial charge on any atom is -0.496 e. The lowest BCUT2D eigenvalue weighted by Crippen LogP contribution is -2.01. The van der Waals surface area contributed by atoms with Gasteiger partial charge in [-0.1, -0.05) is 12.1 Å². The number of ether oxygens (including phenoxy) is 1. The van der Waals surface area contributed by atoms with Crippen molar-refractivity contribution in [3.63, 3.8) is 0 Å². The van der Waals surface area contributed by atoms with Crippen molar-refractivity contribution in [2.24, 2.45) is 7.05 Å². The van der Waals surface area contributed by atoms with E-state index in [1.807, 2.05) is 35.9 Å². The van der Waals surface area contributed by atoms with Crippen molar-refractivity contribution in [3.05, 3.63) is 36.2 Å². The SMILES string of the molecule is COc1ccccc1-c1ncc(CCO)n1C. The molecule has 0 saturated carbocycles. The largest absolute Gasteiger partial charge is 0.496 e. The molecule has 1 aromatic carbocycles. The maximum absolute atomic E-state index is 8.96. The van der Waals surface area contributed by atoms with Gasteiger partial charge >= 0.3 is 0 Å². The van der Waals surface area contributed by atoms with Gasteiger partial charge in [0, 0.05) is 32.0 Å². The zero-order valence-electron chi connectivity index (χ0n) is 10.1. The number of para-hydroxylation sites is 1. The molecule has 4 heteroatoms. The van der Waals surface area contributed by atoms with Gasteiger partial charge in [-0.2, -0.15) is 0 Å². The number of hydrogen-bond donors (Lipinski definition) is 1. The summed E-state index contributed by atoms with van der Waals surface area (Å²) in [4.78, 5) is 4.39. The van der Waals surface area contributed by atoms with Gasteiger partial charge in [0.05, 0.1) is 12.7 Å². The van der Waals surface area contributed by atoms with Crippen LogP contribution >= 0.6 is 0 Å². The van der Waals surface area contributed by atoms with Gasteiger partial charge in [-0.15, -0.1) is 0 Å². The molecule has 0 atom stereocenters. The van der Waals surface area contributed by atoms with Gasteiger partial charge in [-0.05, 0) is 12.1 Å². The van der Waals surface area contributed by atoms with Crippen LogP contribution in [0.15, 0.2) is 30.5 Å². The summed E-state index contributed by atoms with van der Waals surface area (Å²) in [5, 5.41) is 8.96. The van der Waals surface area contributed by atoms with Gasteiger partial charge in [-0.25, -0.2) is 4.98 Å². The van der Waals surface area contributed by atoms with E-state index in [-0.39, 0.29) is 6.61 Å². The fourth-order valence-corrected chi connectivity index (χ4v) is 1.87. The van der Waals surface area contributed by atoms with Crippen LogP contribution in [0.3, 0.4) is 0 Å². The number of aliphatic hydroxyl groups is 1. The first-order chi connectivity index (χ1) is 8.27. The summed E-state index contributed by atoms with van der Waals surface area (Å²) < 4.78 is 7.30. The molecule has 90 valence electrons. The number of rotatable bonds is 4. The highest BCUT2D eigenvalue weighted by atomic mass is 16.5. The van der Waals surface area contributed by atoms with Crippen molar-refractivity contribution in [2.45, 2.75) is 6.42 Å². The van der Waals surface area contributed by atoms with Gasteiger partial charge in [0.2, 0.25) is 0 Å². The van der Waals surface area contributed by atoms with Gasteiger partial charge in [0.25, 0.3) is 0 Å². The molecular formula is C13H16N2O2. The van der Waals surface area contributed by atoms with E-state index in [1.54, 1.807) is 13.3 Å². The summed E-state index contributed by atoms with van der Waals surface area (Å²) in [6.07, 6.45) is 2.40. The van der Waals surface area contributed by atoms with Crippen LogP contribution in [0.4, 0.5) is 0 Å². The van der Waals surface area contributed by atoms with Gasteiger partial charge in [0.1, 0.15) is 11.6 Å². The van der Waals surface area contributed by atoms with Crippen molar-refractivity contribution >= 4 is 0 Å². The van der Waals surface area contributed by atoms with Crippen LogP contribution < -0.4 is 4.74 Å². The standard InChI is InChI=1S/C13H16N2O2/c1-15-10(7-8-16)9-14-13(15)11-5-3-4-6-12(11)17-2/h3-6,9,16H,7-8H2,1-2H3. The molecule has 0 spiro atoms. The van der Waals surface area contributed by atoms with Crippen LogP contribution in [0.1, 0.15) is 5.69 Å². The third-order valence-corrected chi connectivity index (χ3v) is 2.80. The predicted octanol–water partition coefficient (Wildman–Crippen LogP) is 1.63. The zero-order valence-corrected chi connectivity index (χ0v) is 10.1. The molecule has 0 aliphatic heterocycles. The minimum atomic E-state index is 0.130. The summed E-state index contributed by atoms with van der Waals surface area (Å²) in [6.45, 7) is 0.130. The van der Waals surface area contributed by atoms with E-state index >= 15 is 0 Å². The van der Waals surface area contributed by atoms with Crippen molar-refractivity contribution in [1.29, 1.82) is 0 Å². The average molecular weight is 232 g/mol. The van der Waals surface area contributed by atoms with E-state index in [1.165, 1.54) is 0 Å². The summed E-state index contributed by atoms with van der Waals surface area (Å²) in [5.41, 5.74) is 1.97. The zero-order chi connectivity index (χ0) is 12.3. The second kappa shape index (κ2) is 5.01. The number of aliphatic hydroxyl groups excluding tert-OH is 1. The van der Waals surface area contributed by atoms with Crippen LogP contribution in [0.5, 0.6) is 5.75 Å². The normalized spacial score (nSPS) is 10.5. The summed E-state index contributed by atoms with van der Waals surface area (Å²) in [5.74, 6) is 1.66. The van der Waals surface area contributed by atoms with Gasteiger partial charge < -0.3 is 14.4 Å². The lowest BCUT2D eigenvalue weighted by molar-refractivity contribution is 0.297. The molecule has 0 saturated heterocycles. The smallest absolute Gasteiger partial charge is 0.143 e. The second-order valence-corrected chi connectivity index (χ2v) is 3.81. The summed E-state index contributed by atoms with van der Waals surface area (Å²) in [6, 6.07) is 7.78. The monoisotopic (exact) mass is 232 g/mol. The number of imidazole rings is 1. The molecule has 17 heavy (non-hydrogen) atoms. The van der Waals surface area contributed by atoms with Gasteiger partial charge in [-0.3, -0.25) is 0 Å². The van der Waals surface area contributed by atoms with E-state index in [4.69, 9.17) is 9.84 Å². The molecule has 0 aliphatic rings. The average Bonchev–Trinajstić information content (AvgIpc) is 2.72. The van der Waals surface area contributed by atoms with Crippen molar-refractivity contribution in [1.82, 2.24) is 9.55 Å². The lowest BCUT2D eigenvalue weighted by atomic mass is 10.2. The molecule has 2 aromatic rings. The number of methoxy groups -OCH3 is 1. The Hall–Kier alpha value is -1.81. The Bertz CT molecular complexity index is 506. The molecule has 0 radical (unpaired) electrons.